The molecule has 15 heteroatoms. The third kappa shape index (κ3) is 6.60. The van der Waals surface area contributed by atoms with E-state index in [9.17, 15) is 37.4 Å². The Morgan fingerprint density at radius 3 is 2.53 bits per heavy atom. The third-order valence-electron chi connectivity index (χ3n) is 8.55. The Morgan fingerprint density at radius 1 is 1.12 bits per heavy atom. The first kappa shape index (κ1) is 34.0. The van der Waals surface area contributed by atoms with E-state index in [1.807, 2.05) is 0 Å². The summed E-state index contributed by atoms with van der Waals surface area (Å²) in [6.07, 6.45) is -3.59. The number of aromatic nitrogens is 2. The summed E-state index contributed by atoms with van der Waals surface area (Å²) in [7, 11) is 0. The molecule has 4 aromatic rings. The van der Waals surface area contributed by atoms with Crippen molar-refractivity contribution in [3.8, 4) is 22.8 Å². The molecular weight excluding hydrogens is 652 g/mol. The summed E-state index contributed by atoms with van der Waals surface area (Å²) in [5.41, 5.74) is -6.11. The molecule has 1 fully saturated rings. The van der Waals surface area contributed by atoms with Crippen LogP contribution in [0, 0.1) is 5.82 Å². The summed E-state index contributed by atoms with van der Waals surface area (Å²) >= 11 is 0. The highest BCUT2D eigenvalue weighted by Crippen LogP contribution is 2.48. The zero-order chi connectivity index (χ0) is 35.1. The van der Waals surface area contributed by atoms with Crippen LogP contribution in [0.25, 0.3) is 22.2 Å². The average molecular weight is 685 g/mol. The second-order valence-electron chi connectivity index (χ2n) is 12.3. The Kier molecular flexibility index (Phi) is 8.94. The first-order valence-electron chi connectivity index (χ1n) is 15.4. The number of pyridine rings is 2. The molecule has 3 atom stereocenters. The van der Waals surface area contributed by atoms with Gasteiger partial charge >= 0.3 is 6.18 Å². The van der Waals surface area contributed by atoms with Crippen molar-refractivity contribution in [2.75, 3.05) is 26.3 Å². The van der Waals surface area contributed by atoms with Crippen molar-refractivity contribution >= 4 is 22.7 Å². The van der Waals surface area contributed by atoms with Crippen molar-refractivity contribution in [2.45, 2.75) is 49.2 Å². The fourth-order valence-electron chi connectivity index (χ4n) is 5.45. The molecule has 2 amide bonds. The van der Waals surface area contributed by atoms with E-state index in [1.54, 1.807) is 18.3 Å². The normalized spacial score (nSPS) is 19.0. The van der Waals surface area contributed by atoms with Gasteiger partial charge in [-0.2, -0.15) is 13.2 Å². The molecule has 3 heterocycles. The van der Waals surface area contributed by atoms with Gasteiger partial charge in [-0.3, -0.25) is 14.6 Å². The van der Waals surface area contributed by atoms with Crippen molar-refractivity contribution in [3.05, 3.63) is 83.4 Å². The first-order valence-corrected chi connectivity index (χ1v) is 15.4. The van der Waals surface area contributed by atoms with Crippen LogP contribution >= 0.6 is 0 Å². The fourth-order valence-corrected chi connectivity index (χ4v) is 5.45. The van der Waals surface area contributed by atoms with Crippen LogP contribution in [0.4, 0.5) is 17.6 Å². The van der Waals surface area contributed by atoms with E-state index in [-0.39, 0.29) is 47.4 Å². The van der Waals surface area contributed by atoms with Crippen LogP contribution in [-0.4, -0.2) is 81.8 Å². The Hall–Kier alpha value is -4.86. The second kappa shape index (κ2) is 12.9. The van der Waals surface area contributed by atoms with Gasteiger partial charge in [0.25, 0.3) is 5.91 Å². The van der Waals surface area contributed by atoms with Crippen molar-refractivity contribution < 1.29 is 51.9 Å². The topological polar surface area (TPSA) is 163 Å². The molecular formula is C34H32F4N4O7. The lowest BCUT2D eigenvalue weighted by Crippen LogP contribution is -2.52. The number of aliphatic hydroxyl groups is 3. The molecule has 258 valence electrons. The molecule has 1 unspecified atom stereocenters. The number of amides is 2. The first-order chi connectivity index (χ1) is 23.2. The van der Waals surface area contributed by atoms with Gasteiger partial charge in [-0.15, -0.1) is 0 Å². The van der Waals surface area contributed by atoms with Gasteiger partial charge in [0.05, 0.1) is 31.1 Å². The van der Waals surface area contributed by atoms with E-state index in [0.29, 0.717) is 16.7 Å². The maximum absolute atomic E-state index is 14.9. The maximum Gasteiger partial charge on any atom is 0.424 e. The molecule has 49 heavy (non-hydrogen) atoms. The second-order valence-corrected chi connectivity index (χ2v) is 12.3. The number of nitrogens with zero attached hydrogens (tertiary/aromatic N) is 2. The Balaban J connectivity index is 1.39. The van der Waals surface area contributed by atoms with E-state index >= 15 is 0 Å². The minimum absolute atomic E-state index is 0.0303. The van der Waals surface area contributed by atoms with Crippen molar-refractivity contribution in [1.29, 1.82) is 0 Å². The Labute approximate surface area is 276 Å². The fraction of sp³-hybridized carbons (Fsp3) is 0.353. The summed E-state index contributed by atoms with van der Waals surface area (Å²) < 4.78 is 70.3. The molecule has 0 spiro atoms. The van der Waals surface area contributed by atoms with Crippen molar-refractivity contribution in [2.24, 2.45) is 0 Å². The molecule has 2 aromatic carbocycles. The number of alkyl halides is 3. The summed E-state index contributed by atoms with van der Waals surface area (Å²) in [6, 6.07) is 11.7. The van der Waals surface area contributed by atoms with Gasteiger partial charge in [0.15, 0.2) is 0 Å². The summed E-state index contributed by atoms with van der Waals surface area (Å²) in [5.74, 6) is -2.10. The van der Waals surface area contributed by atoms with Crippen LogP contribution < -0.4 is 20.1 Å². The number of aliphatic hydroxyl groups excluding tert-OH is 2. The van der Waals surface area contributed by atoms with Gasteiger partial charge in [-0.25, -0.2) is 9.37 Å². The van der Waals surface area contributed by atoms with Crippen molar-refractivity contribution in [1.82, 2.24) is 20.6 Å². The number of halogens is 4. The summed E-state index contributed by atoms with van der Waals surface area (Å²) in [4.78, 5) is 35.2. The zero-order valence-electron chi connectivity index (χ0n) is 26.1. The lowest BCUT2D eigenvalue weighted by molar-refractivity contribution is -0.265. The van der Waals surface area contributed by atoms with Gasteiger partial charge in [-0.1, -0.05) is 6.07 Å². The highest BCUT2D eigenvalue weighted by atomic mass is 19.4. The lowest BCUT2D eigenvalue weighted by Gasteiger charge is -2.31. The Bertz CT molecular complexity index is 1900. The Morgan fingerprint density at radius 2 is 1.86 bits per heavy atom. The monoisotopic (exact) mass is 684 g/mol. The largest absolute Gasteiger partial charge is 0.489 e. The van der Waals surface area contributed by atoms with Crippen LogP contribution in [-0.2, 0) is 15.8 Å². The van der Waals surface area contributed by atoms with Crippen LogP contribution in [0.2, 0.25) is 0 Å². The number of rotatable bonds is 11. The van der Waals surface area contributed by atoms with Gasteiger partial charge < -0.3 is 35.4 Å². The quantitative estimate of drug-likeness (QED) is 0.149. The minimum atomic E-state index is -5.40. The van der Waals surface area contributed by atoms with Gasteiger partial charge in [0.1, 0.15) is 40.5 Å². The number of fused-ring (bicyclic) bond motifs is 2. The molecule has 5 N–H and O–H groups in total. The van der Waals surface area contributed by atoms with Crippen molar-refractivity contribution in [3.63, 3.8) is 0 Å². The van der Waals surface area contributed by atoms with Crippen LogP contribution in [0.5, 0.6) is 11.5 Å². The molecule has 11 nitrogen and oxygen atoms in total. The molecule has 1 aliphatic heterocycles. The van der Waals surface area contributed by atoms with Crippen LogP contribution in [0.15, 0.2) is 60.8 Å². The molecule has 6 rings (SSSR count). The van der Waals surface area contributed by atoms with Crippen LogP contribution in [0.1, 0.15) is 41.4 Å². The van der Waals surface area contributed by atoms with E-state index in [4.69, 9.17) is 14.6 Å². The molecule has 0 bridgehead atoms. The number of nitrogens with one attached hydrogen (secondary N) is 2. The van der Waals surface area contributed by atoms with Gasteiger partial charge in [-0.05, 0) is 68.3 Å². The van der Waals surface area contributed by atoms with Crippen LogP contribution in [0.3, 0.4) is 0 Å². The number of ether oxygens (including phenoxy) is 2. The average Bonchev–Trinajstić information content (AvgIpc) is 3.84. The van der Waals surface area contributed by atoms with E-state index in [1.165, 1.54) is 31.2 Å². The highest BCUT2D eigenvalue weighted by molar-refractivity contribution is 6.00. The molecule has 2 aromatic heterocycles. The highest BCUT2D eigenvalue weighted by Gasteiger charge is 2.58. The van der Waals surface area contributed by atoms with Gasteiger partial charge in [0, 0.05) is 34.8 Å². The molecule has 1 saturated carbocycles. The predicted molar refractivity (Wildman–Crippen MR) is 166 cm³/mol. The number of carbonyl (C=O) groups is 2. The smallest absolute Gasteiger partial charge is 0.424 e. The van der Waals surface area contributed by atoms with Gasteiger partial charge in [0.2, 0.25) is 11.5 Å². The number of hydrogen-bond donors (Lipinski definition) is 5. The number of carbonyl (C=O) groups excluding carboxylic acids is 2. The van der Waals surface area contributed by atoms with E-state index in [0.717, 1.165) is 31.0 Å². The zero-order valence-corrected chi connectivity index (χ0v) is 26.1. The maximum atomic E-state index is 14.9. The standard InChI is InChI=1S/C34H32F4N4O7/c1-32(31(46)40-14-22(44)15-43)17-48-29-24(32)13-26(42-28(29)18-4-6-21(35)7-5-18)33(47,34(36,37)38)16-41-30(45)20-11-19-3-2-10-39-27(19)25(12-20)49-23-8-9-23/h2-7,10-13,22-23,43-44,47H,8-9,14-17H2,1H3,(H,40,46)(H,41,45)/t22-,32-,33?/m0/s1. The molecule has 1 aliphatic carbocycles. The molecule has 0 saturated heterocycles. The van der Waals surface area contributed by atoms with E-state index < -0.39 is 59.8 Å². The predicted octanol–water partition coefficient (Wildman–Crippen LogP) is 3.28. The summed E-state index contributed by atoms with van der Waals surface area (Å²) in [6.45, 7) is -1.35. The SMILES string of the molecule is C[C@]1(C(=O)NC[C@H](O)CO)COc2c1cc(C(O)(CNC(=O)c1cc(OC3CC3)c3ncccc3c1)C(F)(F)F)nc2-c1ccc(F)cc1. The lowest BCUT2D eigenvalue weighted by atomic mass is 9.81. The molecule has 0 radical (unpaired) electrons. The third-order valence-corrected chi connectivity index (χ3v) is 8.55. The summed E-state index contributed by atoms with van der Waals surface area (Å²) in [5, 5.41) is 35.5. The van der Waals surface area contributed by atoms with E-state index in [2.05, 4.69) is 20.6 Å². The minimum Gasteiger partial charge on any atom is -0.489 e. The number of benzene rings is 2. The number of hydrogen-bond acceptors (Lipinski definition) is 9. The molecule has 2 aliphatic rings.